The van der Waals surface area contributed by atoms with Crippen molar-refractivity contribution >= 4 is 62.1 Å². The SMILES string of the molecule is COC(=O)C1=CC(c2cc(Br)c(Cl)s2)=N[S+]([O-])N1. The fourth-order valence-electron chi connectivity index (χ4n) is 1.20. The van der Waals surface area contributed by atoms with Crippen molar-refractivity contribution in [2.75, 3.05) is 7.11 Å². The molecule has 1 aromatic heterocycles. The van der Waals surface area contributed by atoms with E-state index in [9.17, 15) is 9.35 Å². The van der Waals surface area contributed by atoms with Crippen LogP contribution in [0, 0.1) is 0 Å². The number of halogens is 2. The molecule has 0 saturated carbocycles. The van der Waals surface area contributed by atoms with Crippen molar-refractivity contribution < 1.29 is 14.1 Å². The molecule has 0 aliphatic carbocycles. The summed E-state index contributed by atoms with van der Waals surface area (Å²) in [5.74, 6) is -0.600. The quantitative estimate of drug-likeness (QED) is 0.640. The summed E-state index contributed by atoms with van der Waals surface area (Å²) in [6.45, 7) is 0. The minimum Gasteiger partial charge on any atom is -0.567 e. The van der Waals surface area contributed by atoms with Gasteiger partial charge in [-0.2, -0.15) is 4.72 Å². The molecule has 96 valence electrons. The molecule has 2 heterocycles. The smallest absolute Gasteiger partial charge is 0.358 e. The number of esters is 1. The lowest BCUT2D eigenvalue weighted by Crippen LogP contribution is -2.31. The van der Waals surface area contributed by atoms with Gasteiger partial charge in [0, 0.05) is 10.5 Å². The molecule has 5 nitrogen and oxygen atoms in total. The Morgan fingerprint density at radius 2 is 2.44 bits per heavy atom. The van der Waals surface area contributed by atoms with Crippen molar-refractivity contribution in [2.24, 2.45) is 4.40 Å². The van der Waals surface area contributed by atoms with Gasteiger partial charge in [0.05, 0.1) is 12.0 Å². The lowest BCUT2D eigenvalue weighted by molar-refractivity contribution is -0.136. The van der Waals surface area contributed by atoms with Crippen LogP contribution in [0.25, 0.3) is 0 Å². The highest BCUT2D eigenvalue weighted by atomic mass is 79.9. The summed E-state index contributed by atoms with van der Waals surface area (Å²) in [4.78, 5) is 12.1. The van der Waals surface area contributed by atoms with Crippen molar-refractivity contribution in [2.45, 2.75) is 0 Å². The van der Waals surface area contributed by atoms with Crippen molar-refractivity contribution in [3.63, 3.8) is 0 Å². The van der Waals surface area contributed by atoms with E-state index in [0.29, 0.717) is 14.9 Å². The van der Waals surface area contributed by atoms with Gasteiger partial charge in [0.25, 0.3) is 0 Å². The molecule has 1 aliphatic rings. The second-order valence-corrected chi connectivity index (χ2v) is 6.50. The number of carbonyl (C=O) groups is 1. The van der Waals surface area contributed by atoms with E-state index in [4.69, 9.17) is 11.6 Å². The van der Waals surface area contributed by atoms with Crippen molar-refractivity contribution in [3.05, 3.63) is 31.5 Å². The predicted octanol–water partition coefficient (Wildman–Crippen LogP) is 2.19. The van der Waals surface area contributed by atoms with E-state index in [1.165, 1.54) is 24.5 Å². The molecular formula is C9H6BrClN2O3S2. The Kier molecular flexibility index (Phi) is 4.33. The molecule has 0 bridgehead atoms. The number of hydrogen-bond donors (Lipinski definition) is 1. The first-order chi connectivity index (χ1) is 8.51. The van der Waals surface area contributed by atoms with Crippen LogP contribution < -0.4 is 4.72 Å². The zero-order valence-electron chi connectivity index (χ0n) is 8.90. The first-order valence-corrected chi connectivity index (χ1v) is 7.63. The average molecular weight is 370 g/mol. The van der Waals surface area contributed by atoms with E-state index < -0.39 is 17.5 Å². The molecule has 0 amide bonds. The summed E-state index contributed by atoms with van der Waals surface area (Å²) in [5.41, 5.74) is 0.520. The monoisotopic (exact) mass is 368 g/mol. The normalized spacial score (nSPS) is 18.8. The average Bonchev–Trinajstić information content (AvgIpc) is 2.68. The number of thiophene rings is 1. The maximum Gasteiger partial charge on any atom is 0.358 e. The van der Waals surface area contributed by atoms with Crippen LogP contribution in [0.2, 0.25) is 4.34 Å². The van der Waals surface area contributed by atoms with Gasteiger partial charge in [-0.15, -0.1) is 11.3 Å². The van der Waals surface area contributed by atoms with Crippen LogP contribution in [0.3, 0.4) is 0 Å². The molecule has 1 N–H and O–H groups in total. The minimum atomic E-state index is -1.70. The zero-order valence-corrected chi connectivity index (χ0v) is 12.9. The molecule has 0 spiro atoms. The number of nitrogens with one attached hydrogen (secondary N) is 1. The summed E-state index contributed by atoms with van der Waals surface area (Å²) in [7, 11) is 1.25. The molecule has 0 radical (unpaired) electrons. The summed E-state index contributed by atoms with van der Waals surface area (Å²) >= 11 is 8.77. The van der Waals surface area contributed by atoms with Gasteiger partial charge in [-0.25, -0.2) is 4.79 Å². The Balaban J connectivity index is 2.37. The zero-order chi connectivity index (χ0) is 13.3. The number of rotatable bonds is 2. The van der Waals surface area contributed by atoms with E-state index >= 15 is 0 Å². The fraction of sp³-hybridized carbons (Fsp3) is 0.111. The van der Waals surface area contributed by atoms with Crippen molar-refractivity contribution in [3.8, 4) is 0 Å². The van der Waals surface area contributed by atoms with Gasteiger partial charge in [-0.3, -0.25) is 0 Å². The van der Waals surface area contributed by atoms with Crippen LogP contribution in [0.5, 0.6) is 0 Å². The van der Waals surface area contributed by atoms with E-state index in [0.717, 1.165) is 4.47 Å². The second-order valence-electron chi connectivity index (χ2n) is 3.11. The molecule has 1 aromatic rings. The molecule has 18 heavy (non-hydrogen) atoms. The number of allylic oxidation sites excluding steroid dienone is 1. The van der Waals surface area contributed by atoms with Crippen LogP contribution in [0.15, 0.2) is 26.7 Å². The molecule has 1 unspecified atom stereocenters. The lowest BCUT2D eigenvalue weighted by atomic mass is 10.2. The fourth-order valence-corrected chi connectivity index (χ4v) is 3.62. The standard InChI is InChI=1S/C9H6BrClN2O3S2/c1-16-9(14)6-3-5(12-18(15)13-6)7-2-4(10)8(11)17-7/h2-3,13H,1H3. The Morgan fingerprint density at radius 1 is 1.72 bits per heavy atom. The molecule has 9 heteroatoms. The molecule has 1 atom stereocenters. The topological polar surface area (TPSA) is 73.8 Å². The third kappa shape index (κ3) is 2.89. The van der Waals surface area contributed by atoms with Gasteiger partial charge in [-0.1, -0.05) is 11.6 Å². The summed E-state index contributed by atoms with van der Waals surface area (Å²) < 4.78 is 23.7. The third-order valence-electron chi connectivity index (χ3n) is 1.96. The van der Waals surface area contributed by atoms with Gasteiger partial charge in [0.15, 0.2) is 5.70 Å². The largest absolute Gasteiger partial charge is 0.567 e. The number of carbonyl (C=O) groups excluding carboxylic acids is 1. The van der Waals surface area contributed by atoms with Gasteiger partial charge >= 0.3 is 5.97 Å². The van der Waals surface area contributed by atoms with Crippen LogP contribution in [0.1, 0.15) is 4.88 Å². The lowest BCUT2D eigenvalue weighted by Gasteiger charge is -2.13. The van der Waals surface area contributed by atoms with Crippen molar-refractivity contribution in [1.82, 2.24) is 4.72 Å². The van der Waals surface area contributed by atoms with Crippen LogP contribution in [-0.4, -0.2) is 23.3 Å². The van der Waals surface area contributed by atoms with Gasteiger partial charge in [0.1, 0.15) is 10.0 Å². The molecule has 0 saturated heterocycles. The number of hydrogen-bond acceptors (Lipinski definition) is 6. The predicted molar refractivity (Wildman–Crippen MR) is 74.9 cm³/mol. The van der Waals surface area contributed by atoms with Crippen LogP contribution >= 0.6 is 38.9 Å². The van der Waals surface area contributed by atoms with E-state index in [1.807, 2.05) is 0 Å². The second kappa shape index (κ2) is 5.62. The molecule has 1 aliphatic heterocycles. The Labute approximate surface area is 123 Å². The first-order valence-electron chi connectivity index (χ1n) is 4.53. The highest BCUT2D eigenvalue weighted by Crippen LogP contribution is 2.33. The number of nitrogens with zero attached hydrogens (tertiary/aromatic N) is 1. The van der Waals surface area contributed by atoms with E-state index in [-0.39, 0.29) is 5.70 Å². The summed E-state index contributed by atoms with van der Waals surface area (Å²) in [6, 6.07) is 1.75. The maximum atomic E-state index is 11.5. The Bertz CT molecular complexity index is 539. The Morgan fingerprint density at radius 3 is 3.00 bits per heavy atom. The van der Waals surface area contributed by atoms with Gasteiger partial charge in [-0.05, 0) is 26.4 Å². The maximum absolute atomic E-state index is 11.5. The highest BCUT2D eigenvalue weighted by molar-refractivity contribution is 9.10. The van der Waals surface area contributed by atoms with Gasteiger partial charge in [0.2, 0.25) is 11.5 Å². The molecular weight excluding hydrogens is 364 g/mol. The van der Waals surface area contributed by atoms with Crippen LogP contribution in [0.4, 0.5) is 0 Å². The van der Waals surface area contributed by atoms with E-state index in [1.54, 1.807) is 6.07 Å². The summed E-state index contributed by atoms with van der Waals surface area (Å²) in [6.07, 6.45) is 1.47. The van der Waals surface area contributed by atoms with Crippen molar-refractivity contribution in [1.29, 1.82) is 0 Å². The van der Waals surface area contributed by atoms with Crippen LogP contribution in [-0.2, 0) is 21.1 Å². The number of methoxy groups -OCH3 is 1. The highest BCUT2D eigenvalue weighted by Gasteiger charge is 2.25. The molecule has 0 fully saturated rings. The minimum absolute atomic E-state index is 0.0986. The van der Waals surface area contributed by atoms with Gasteiger partial charge < -0.3 is 9.29 Å². The van der Waals surface area contributed by atoms with E-state index in [2.05, 4.69) is 29.8 Å². The molecule has 2 rings (SSSR count). The first kappa shape index (κ1) is 13.9. The Hall–Kier alpha value is -0.540. The number of ether oxygens (including phenoxy) is 1. The third-order valence-corrected chi connectivity index (χ3v) is 5.22. The molecule has 0 aromatic carbocycles. The summed E-state index contributed by atoms with van der Waals surface area (Å²) in [5, 5.41) is 0.